The van der Waals surface area contributed by atoms with E-state index < -0.39 is 0 Å². The third-order valence-electron chi connectivity index (χ3n) is 3.07. The number of benzene rings is 1. The normalized spacial score (nSPS) is 14.3. The summed E-state index contributed by atoms with van der Waals surface area (Å²) in [5, 5.41) is 12.3. The molecule has 0 aliphatic rings. The van der Waals surface area contributed by atoms with E-state index in [-0.39, 0.29) is 12.6 Å². The van der Waals surface area contributed by atoms with Crippen molar-refractivity contribution in [3.63, 3.8) is 0 Å². The van der Waals surface area contributed by atoms with E-state index in [1.807, 2.05) is 6.07 Å². The van der Waals surface area contributed by atoms with Crippen molar-refractivity contribution in [2.45, 2.75) is 26.3 Å². The number of halogens is 1. The van der Waals surface area contributed by atoms with Crippen LogP contribution in [0.25, 0.3) is 0 Å². The van der Waals surface area contributed by atoms with E-state index in [2.05, 4.69) is 47.2 Å². The predicted molar refractivity (Wildman–Crippen MR) is 78.0 cm³/mol. The molecule has 2 atom stereocenters. The lowest BCUT2D eigenvalue weighted by Gasteiger charge is -2.18. The van der Waals surface area contributed by atoms with Gasteiger partial charge in [-0.25, -0.2) is 0 Å². The lowest BCUT2D eigenvalue weighted by molar-refractivity contribution is 0.258. The third-order valence-corrected chi connectivity index (χ3v) is 3.69. The quantitative estimate of drug-likeness (QED) is 0.812. The fourth-order valence-corrected chi connectivity index (χ4v) is 2.33. The van der Waals surface area contributed by atoms with Crippen LogP contribution in [-0.2, 0) is 0 Å². The summed E-state index contributed by atoms with van der Waals surface area (Å²) in [5.41, 5.74) is 1.22. The van der Waals surface area contributed by atoms with Crippen molar-refractivity contribution >= 4 is 15.9 Å². The van der Waals surface area contributed by atoms with Gasteiger partial charge in [0.05, 0.1) is 11.6 Å². The number of aliphatic hydroxyl groups is 1. The van der Waals surface area contributed by atoms with E-state index in [0.29, 0.717) is 5.92 Å². The number of rotatable bonds is 7. The number of ether oxygens (including phenoxy) is 1. The summed E-state index contributed by atoms with van der Waals surface area (Å²) in [4.78, 5) is 0. The summed E-state index contributed by atoms with van der Waals surface area (Å²) in [6, 6.07) is 6.40. The number of hydrogen-bond donors (Lipinski definition) is 2. The minimum Gasteiger partial charge on any atom is -0.496 e. The molecular weight excluding hydrogens is 294 g/mol. The van der Waals surface area contributed by atoms with Crippen LogP contribution in [0.5, 0.6) is 5.75 Å². The molecular formula is C14H22BrNO2. The zero-order chi connectivity index (χ0) is 13.5. The van der Waals surface area contributed by atoms with Gasteiger partial charge in [-0.1, -0.05) is 13.0 Å². The Bertz CT molecular complexity index is 371. The minimum atomic E-state index is 0.255. The van der Waals surface area contributed by atoms with E-state index in [1.54, 1.807) is 7.11 Å². The van der Waals surface area contributed by atoms with Crippen LogP contribution in [0, 0.1) is 5.92 Å². The van der Waals surface area contributed by atoms with Crippen molar-refractivity contribution in [2.75, 3.05) is 20.3 Å². The standard InChI is InChI=1S/C14H22BrNO2/c1-10(6-7-17)9-16-11(2)12-4-5-14(18-3)13(15)8-12/h4-5,8,10-11,16-17H,6-7,9H2,1-3H3. The fraction of sp³-hybridized carbons (Fsp3) is 0.571. The Morgan fingerprint density at radius 2 is 2.11 bits per heavy atom. The third kappa shape index (κ3) is 4.59. The van der Waals surface area contributed by atoms with Crippen molar-refractivity contribution < 1.29 is 9.84 Å². The van der Waals surface area contributed by atoms with Crippen molar-refractivity contribution in [3.05, 3.63) is 28.2 Å². The van der Waals surface area contributed by atoms with Crippen molar-refractivity contribution in [3.8, 4) is 5.75 Å². The van der Waals surface area contributed by atoms with Gasteiger partial charge in [0.15, 0.2) is 0 Å². The van der Waals surface area contributed by atoms with Gasteiger partial charge in [0.25, 0.3) is 0 Å². The molecule has 0 bridgehead atoms. The van der Waals surface area contributed by atoms with Crippen molar-refractivity contribution in [2.24, 2.45) is 5.92 Å². The van der Waals surface area contributed by atoms with Crippen molar-refractivity contribution in [1.29, 1.82) is 0 Å². The smallest absolute Gasteiger partial charge is 0.133 e. The van der Waals surface area contributed by atoms with Crippen LogP contribution in [0.1, 0.15) is 31.9 Å². The van der Waals surface area contributed by atoms with Gasteiger partial charge in [-0.3, -0.25) is 0 Å². The summed E-state index contributed by atoms with van der Waals surface area (Å²) >= 11 is 3.49. The molecule has 0 aliphatic carbocycles. The average molecular weight is 316 g/mol. The van der Waals surface area contributed by atoms with Gasteiger partial charge in [0.2, 0.25) is 0 Å². The highest BCUT2D eigenvalue weighted by molar-refractivity contribution is 9.10. The van der Waals surface area contributed by atoms with Crippen LogP contribution in [-0.4, -0.2) is 25.4 Å². The molecule has 3 nitrogen and oxygen atoms in total. The SMILES string of the molecule is COc1ccc(C(C)NCC(C)CCO)cc1Br. The Balaban J connectivity index is 2.56. The van der Waals surface area contributed by atoms with E-state index in [0.717, 1.165) is 23.2 Å². The second kappa shape index (κ2) is 7.77. The lowest BCUT2D eigenvalue weighted by atomic mass is 10.1. The molecule has 18 heavy (non-hydrogen) atoms. The van der Waals surface area contributed by atoms with Gasteiger partial charge in [0.1, 0.15) is 5.75 Å². The Hall–Kier alpha value is -0.580. The minimum absolute atomic E-state index is 0.255. The van der Waals surface area contributed by atoms with Crippen LogP contribution < -0.4 is 10.1 Å². The summed E-state index contributed by atoms with van der Waals surface area (Å²) < 4.78 is 6.19. The van der Waals surface area contributed by atoms with E-state index in [1.165, 1.54) is 5.56 Å². The van der Waals surface area contributed by atoms with Crippen LogP contribution >= 0.6 is 15.9 Å². The first-order valence-electron chi connectivity index (χ1n) is 6.26. The maximum Gasteiger partial charge on any atom is 0.133 e. The Morgan fingerprint density at radius 1 is 1.39 bits per heavy atom. The molecule has 102 valence electrons. The zero-order valence-electron chi connectivity index (χ0n) is 11.2. The Morgan fingerprint density at radius 3 is 2.67 bits per heavy atom. The molecule has 0 saturated carbocycles. The van der Waals surface area contributed by atoms with E-state index in [4.69, 9.17) is 9.84 Å². The molecule has 0 amide bonds. The fourth-order valence-electron chi connectivity index (χ4n) is 1.77. The summed E-state index contributed by atoms with van der Waals surface area (Å²) in [5.74, 6) is 1.33. The number of nitrogens with one attached hydrogen (secondary N) is 1. The van der Waals surface area contributed by atoms with Gasteiger partial charge >= 0.3 is 0 Å². The molecule has 1 rings (SSSR count). The lowest BCUT2D eigenvalue weighted by Crippen LogP contribution is -2.25. The molecule has 1 aromatic rings. The monoisotopic (exact) mass is 315 g/mol. The number of hydrogen-bond acceptors (Lipinski definition) is 3. The highest BCUT2D eigenvalue weighted by Gasteiger charge is 2.09. The highest BCUT2D eigenvalue weighted by Crippen LogP contribution is 2.27. The van der Waals surface area contributed by atoms with E-state index >= 15 is 0 Å². The molecule has 2 N–H and O–H groups in total. The molecule has 0 saturated heterocycles. The van der Waals surface area contributed by atoms with Crippen LogP contribution in [0.3, 0.4) is 0 Å². The van der Waals surface area contributed by atoms with Gasteiger partial charge in [0, 0.05) is 12.6 Å². The Kier molecular flexibility index (Phi) is 6.68. The van der Waals surface area contributed by atoms with E-state index in [9.17, 15) is 0 Å². The molecule has 0 spiro atoms. The second-order valence-corrected chi connectivity index (χ2v) is 5.50. The molecule has 0 heterocycles. The number of aliphatic hydroxyl groups excluding tert-OH is 1. The van der Waals surface area contributed by atoms with Gasteiger partial charge in [-0.05, 0) is 59.4 Å². The van der Waals surface area contributed by atoms with Gasteiger partial charge < -0.3 is 15.2 Å². The second-order valence-electron chi connectivity index (χ2n) is 4.64. The first kappa shape index (κ1) is 15.5. The largest absolute Gasteiger partial charge is 0.496 e. The zero-order valence-corrected chi connectivity index (χ0v) is 12.8. The number of methoxy groups -OCH3 is 1. The van der Waals surface area contributed by atoms with Crippen molar-refractivity contribution in [1.82, 2.24) is 5.32 Å². The Labute approximate surface area is 118 Å². The average Bonchev–Trinajstić information content (AvgIpc) is 2.36. The van der Waals surface area contributed by atoms with Gasteiger partial charge in [-0.2, -0.15) is 0 Å². The van der Waals surface area contributed by atoms with Crippen LogP contribution in [0.2, 0.25) is 0 Å². The molecule has 1 aromatic carbocycles. The maximum absolute atomic E-state index is 8.87. The summed E-state index contributed by atoms with van der Waals surface area (Å²) in [7, 11) is 1.66. The molecule has 0 fully saturated rings. The first-order valence-corrected chi connectivity index (χ1v) is 7.05. The molecule has 2 unspecified atom stereocenters. The molecule has 4 heteroatoms. The molecule has 0 radical (unpaired) electrons. The highest BCUT2D eigenvalue weighted by atomic mass is 79.9. The van der Waals surface area contributed by atoms with Crippen LogP contribution in [0.4, 0.5) is 0 Å². The van der Waals surface area contributed by atoms with Gasteiger partial charge in [-0.15, -0.1) is 0 Å². The molecule has 0 aliphatic heterocycles. The topological polar surface area (TPSA) is 41.5 Å². The first-order chi connectivity index (χ1) is 8.58. The summed E-state index contributed by atoms with van der Waals surface area (Å²) in [6.45, 7) is 5.44. The predicted octanol–water partition coefficient (Wildman–Crippen LogP) is 3.13. The summed E-state index contributed by atoms with van der Waals surface area (Å²) in [6.07, 6.45) is 0.839. The maximum atomic E-state index is 8.87. The molecule has 0 aromatic heterocycles. The van der Waals surface area contributed by atoms with Crippen LogP contribution in [0.15, 0.2) is 22.7 Å².